The number of aryl methyl sites for hydroxylation is 1. The predicted octanol–water partition coefficient (Wildman–Crippen LogP) is 5.13. The molecular weight excluding hydrogens is 568 g/mol. The third kappa shape index (κ3) is 18.0. The van der Waals surface area contributed by atoms with E-state index in [0.29, 0.717) is 25.1 Å². The Bertz CT molecular complexity index is 1120. The molecule has 0 unspecified atom stereocenters. The summed E-state index contributed by atoms with van der Waals surface area (Å²) in [5, 5.41) is 10.7. The summed E-state index contributed by atoms with van der Waals surface area (Å²) < 4.78 is 16.3. The second-order valence-corrected chi connectivity index (χ2v) is 13.7. The number of amides is 4. The van der Waals surface area contributed by atoms with Crippen molar-refractivity contribution < 1.29 is 38.2 Å². The van der Waals surface area contributed by atoms with E-state index in [4.69, 9.17) is 14.2 Å². The van der Waals surface area contributed by atoms with Gasteiger partial charge >= 0.3 is 30.0 Å². The maximum atomic E-state index is 13.0. The van der Waals surface area contributed by atoms with Gasteiger partial charge in [-0.25, -0.2) is 19.2 Å². The van der Waals surface area contributed by atoms with E-state index >= 15 is 0 Å². The molecule has 12 nitrogen and oxygen atoms in total. The van der Waals surface area contributed by atoms with Gasteiger partial charge in [0, 0.05) is 18.7 Å². The summed E-state index contributed by atoms with van der Waals surface area (Å²) >= 11 is 0. The van der Waals surface area contributed by atoms with Crippen LogP contribution >= 0.6 is 0 Å². The summed E-state index contributed by atoms with van der Waals surface area (Å²) in [5.41, 5.74) is -0.577. The summed E-state index contributed by atoms with van der Waals surface area (Å²) in [6, 6.07) is 4.06. The maximum absolute atomic E-state index is 13.0. The number of nitrogens with one attached hydrogen (secondary N) is 4. The number of unbranched alkanes of at least 4 members (excludes halogenated alkanes) is 1. The van der Waals surface area contributed by atoms with Crippen molar-refractivity contribution >= 4 is 35.7 Å². The van der Waals surface area contributed by atoms with E-state index in [-0.39, 0.29) is 25.3 Å². The average Bonchev–Trinajstić information content (AvgIpc) is 2.83. The molecule has 0 aliphatic heterocycles. The molecule has 1 rings (SSSR count). The molecule has 0 saturated carbocycles. The van der Waals surface area contributed by atoms with Gasteiger partial charge in [-0.15, -0.1) is 0 Å². The molecule has 4 N–H and O–H groups in total. The van der Waals surface area contributed by atoms with Crippen molar-refractivity contribution in [3.05, 3.63) is 29.8 Å². The van der Waals surface area contributed by atoms with E-state index in [1.165, 1.54) is 0 Å². The van der Waals surface area contributed by atoms with E-state index in [2.05, 4.69) is 21.3 Å². The molecule has 44 heavy (non-hydrogen) atoms. The van der Waals surface area contributed by atoms with Crippen molar-refractivity contribution in [1.29, 1.82) is 0 Å². The quantitative estimate of drug-likeness (QED) is 0.134. The summed E-state index contributed by atoms with van der Waals surface area (Å²) in [6.45, 7) is 17.7. The third-order valence-electron chi connectivity index (χ3n) is 5.56. The van der Waals surface area contributed by atoms with Gasteiger partial charge in [0.15, 0.2) is 0 Å². The lowest BCUT2D eigenvalue weighted by Gasteiger charge is -2.27. The van der Waals surface area contributed by atoms with Gasteiger partial charge in [0.2, 0.25) is 0 Å². The monoisotopic (exact) mass is 620 g/mol. The molecule has 2 atom stereocenters. The Morgan fingerprint density at radius 1 is 0.659 bits per heavy atom. The maximum Gasteiger partial charge on any atom is 0.329 e. The number of esters is 3. The lowest BCUT2D eigenvalue weighted by molar-refractivity contribution is -0.159. The van der Waals surface area contributed by atoms with Crippen LogP contribution in [0.25, 0.3) is 0 Å². The standard InChI is InChI=1S/C32H52N4O8/c1-21-14-16-22(17-15-21)34-28(40)33-20-12-11-13-23(26(38)43-31(5,6)7)35-29(41)36-24(27(39)44-32(8,9)10)18-19-25(37)42-30(2,3)4/h14-17,23-24H,11-13,18-20H2,1-10H3,(H2,33,34,40)(H2,35,36,41)/t23-,24-/m0/s1. The number of carbonyl (C=O) groups is 5. The molecule has 0 aromatic heterocycles. The smallest absolute Gasteiger partial charge is 0.329 e. The lowest BCUT2D eigenvalue weighted by atomic mass is 10.1. The number of anilines is 1. The first-order chi connectivity index (χ1) is 20.1. The molecule has 0 radical (unpaired) electrons. The number of benzene rings is 1. The van der Waals surface area contributed by atoms with Gasteiger partial charge in [0.05, 0.1) is 0 Å². The zero-order valence-corrected chi connectivity index (χ0v) is 28.0. The largest absolute Gasteiger partial charge is 0.460 e. The van der Waals surface area contributed by atoms with Gasteiger partial charge < -0.3 is 35.5 Å². The highest BCUT2D eigenvalue weighted by molar-refractivity contribution is 5.89. The molecule has 0 heterocycles. The molecule has 0 aliphatic carbocycles. The Kier molecular flexibility index (Phi) is 14.6. The Morgan fingerprint density at radius 2 is 1.14 bits per heavy atom. The number of carbonyl (C=O) groups excluding carboxylic acids is 5. The lowest BCUT2D eigenvalue weighted by Crippen LogP contribution is -2.53. The second-order valence-electron chi connectivity index (χ2n) is 13.7. The van der Waals surface area contributed by atoms with Crippen LogP contribution < -0.4 is 21.3 Å². The van der Waals surface area contributed by atoms with Crippen LogP contribution in [0.1, 0.15) is 100.0 Å². The number of rotatable bonds is 13. The molecule has 0 spiro atoms. The van der Waals surface area contributed by atoms with Crippen molar-refractivity contribution in [2.24, 2.45) is 0 Å². The van der Waals surface area contributed by atoms with Gasteiger partial charge in [-0.3, -0.25) is 4.79 Å². The number of hydrogen-bond donors (Lipinski definition) is 4. The van der Waals surface area contributed by atoms with Crippen LogP contribution in [-0.2, 0) is 28.6 Å². The summed E-state index contributed by atoms with van der Waals surface area (Å²) in [7, 11) is 0. The van der Waals surface area contributed by atoms with Crippen LogP contribution in [0, 0.1) is 6.92 Å². The van der Waals surface area contributed by atoms with Gasteiger partial charge in [0.1, 0.15) is 28.9 Å². The minimum Gasteiger partial charge on any atom is -0.460 e. The molecule has 248 valence electrons. The fourth-order valence-electron chi connectivity index (χ4n) is 3.74. The fourth-order valence-corrected chi connectivity index (χ4v) is 3.74. The fraction of sp³-hybridized carbons (Fsp3) is 0.656. The highest BCUT2D eigenvalue weighted by Gasteiger charge is 2.31. The van der Waals surface area contributed by atoms with Gasteiger partial charge in [-0.05, 0) is 107 Å². The Morgan fingerprint density at radius 3 is 1.61 bits per heavy atom. The van der Waals surface area contributed by atoms with Crippen LogP contribution in [0.2, 0.25) is 0 Å². The van der Waals surface area contributed by atoms with Crippen molar-refractivity contribution in [2.75, 3.05) is 11.9 Å². The van der Waals surface area contributed by atoms with Crippen molar-refractivity contribution in [2.45, 2.75) is 130 Å². The van der Waals surface area contributed by atoms with Crippen LogP contribution in [0.3, 0.4) is 0 Å². The normalized spacial score (nSPS) is 13.1. The first-order valence-corrected chi connectivity index (χ1v) is 15.0. The van der Waals surface area contributed by atoms with Crippen LogP contribution in [0.4, 0.5) is 15.3 Å². The zero-order chi connectivity index (χ0) is 33.7. The van der Waals surface area contributed by atoms with Crippen LogP contribution in [0.15, 0.2) is 24.3 Å². The molecule has 12 heteroatoms. The molecule has 4 amide bonds. The highest BCUT2D eigenvalue weighted by atomic mass is 16.6. The average molecular weight is 621 g/mol. The van der Waals surface area contributed by atoms with E-state index in [9.17, 15) is 24.0 Å². The topological polar surface area (TPSA) is 161 Å². The summed E-state index contributed by atoms with van der Waals surface area (Å²) in [4.78, 5) is 63.3. The van der Waals surface area contributed by atoms with E-state index in [1.54, 1.807) is 62.3 Å². The Hall–Kier alpha value is -3.83. The van der Waals surface area contributed by atoms with Gasteiger partial charge in [0.25, 0.3) is 0 Å². The van der Waals surface area contributed by atoms with E-state index < -0.39 is 52.8 Å². The second kappa shape index (κ2) is 16.9. The van der Waals surface area contributed by atoms with Crippen LogP contribution in [-0.4, -0.2) is 65.4 Å². The molecule has 0 saturated heterocycles. The molecule has 0 bridgehead atoms. The first-order valence-electron chi connectivity index (χ1n) is 15.0. The molecular formula is C32H52N4O8. The number of ether oxygens (including phenoxy) is 3. The Labute approximate surface area is 261 Å². The van der Waals surface area contributed by atoms with Gasteiger partial charge in [-0.1, -0.05) is 17.7 Å². The molecule has 1 aromatic rings. The SMILES string of the molecule is Cc1ccc(NC(=O)NCCCC[C@H](NC(=O)N[C@@H](CCC(=O)OC(C)(C)C)C(=O)OC(C)(C)C)C(=O)OC(C)(C)C)cc1. The minimum atomic E-state index is -1.17. The Balaban J connectivity index is 2.81. The van der Waals surface area contributed by atoms with E-state index in [1.807, 2.05) is 31.2 Å². The third-order valence-corrected chi connectivity index (χ3v) is 5.56. The zero-order valence-electron chi connectivity index (χ0n) is 28.0. The van der Waals surface area contributed by atoms with E-state index in [0.717, 1.165) is 5.56 Å². The van der Waals surface area contributed by atoms with Crippen molar-refractivity contribution in [3.63, 3.8) is 0 Å². The molecule has 1 aromatic carbocycles. The minimum absolute atomic E-state index is 0.0648. The van der Waals surface area contributed by atoms with Crippen molar-refractivity contribution in [3.8, 4) is 0 Å². The predicted molar refractivity (Wildman–Crippen MR) is 168 cm³/mol. The van der Waals surface area contributed by atoms with Crippen molar-refractivity contribution in [1.82, 2.24) is 16.0 Å². The molecule has 0 fully saturated rings. The number of urea groups is 2. The summed E-state index contributed by atoms with van der Waals surface area (Å²) in [6.07, 6.45) is 1.02. The van der Waals surface area contributed by atoms with Crippen LogP contribution in [0.5, 0.6) is 0 Å². The molecule has 0 aliphatic rings. The highest BCUT2D eigenvalue weighted by Crippen LogP contribution is 2.15. The number of hydrogen-bond acceptors (Lipinski definition) is 8. The van der Waals surface area contributed by atoms with Gasteiger partial charge in [-0.2, -0.15) is 0 Å². The first kappa shape index (κ1) is 38.2. The summed E-state index contributed by atoms with van der Waals surface area (Å²) in [5.74, 6) is -1.89.